The number of rotatable bonds is 6. The first-order chi connectivity index (χ1) is 7.63. The lowest BCUT2D eigenvalue weighted by molar-refractivity contribution is 0.0376. The molecule has 0 amide bonds. The molecule has 3 nitrogen and oxygen atoms in total. The van der Waals surface area contributed by atoms with Crippen molar-refractivity contribution in [3.63, 3.8) is 0 Å². The van der Waals surface area contributed by atoms with Crippen molar-refractivity contribution in [2.75, 3.05) is 33.4 Å². The van der Waals surface area contributed by atoms with Crippen molar-refractivity contribution in [2.24, 2.45) is 17.6 Å². The molecule has 3 heteroatoms. The number of nitrogens with two attached hydrogens (primary N) is 1. The van der Waals surface area contributed by atoms with E-state index in [1.165, 1.54) is 19.3 Å². The average Bonchev–Trinajstić information content (AvgIpc) is 2.28. The van der Waals surface area contributed by atoms with Crippen molar-refractivity contribution in [1.29, 1.82) is 0 Å². The van der Waals surface area contributed by atoms with Gasteiger partial charge in [-0.1, -0.05) is 13.8 Å². The van der Waals surface area contributed by atoms with Gasteiger partial charge in [0.25, 0.3) is 0 Å². The van der Waals surface area contributed by atoms with Gasteiger partial charge in [0, 0.05) is 25.8 Å². The van der Waals surface area contributed by atoms with Crippen LogP contribution < -0.4 is 5.73 Å². The summed E-state index contributed by atoms with van der Waals surface area (Å²) in [5.74, 6) is 1.39. The van der Waals surface area contributed by atoms with Crippen LogP contribution >= 0.6 is 0 Å². The van der Waals surface area contributed by atoms with Gasteiger partial charge in [0.05, 0.1) is 0 Å². The van der Waals surface area contributed by atoms with Crippen molar-refractivity contribution in [3.8, 4) is 0 Å². The molecule has 0 spiro atoms. The fourth-order valence-corrected chi connectivity index (χ4v) is 2.59. The normalized spacial score (nSPS) is 20.6. The van der Waals surface area contributed by atoms with Crippen molar-refractivity contribution >= 4 is 0 Å². The zero-order valence-corrected chi connectivity index (χ0v) is 11.1. The second-order valence-corrected chi connectivity index (χ2v) is 5.51. The minimum atomic E-state index is 0.646. The average molecular weight is 228 g/mol. The lowest BCUT2D eigenvalue weighted by atomic mass is 9.95. The van der Waals surface area contributed by atoms with E-state index in [4.69, 9.17) is 10.5 Å². The highest BCUT2D eigenvalue weighted by molar-refractivity contribution is 4.75. The van der Waals surface area contributed by atoms with Gasteiger partial charge in [0.2, 0.25) is 0 Å². The van der Waals surface area contributed by atoms with Crippen LogP contribution in [-0.2, 0) is 4.74 Å². The summed E-state index contributed by atoms with van der Waals surface area (Å²) in [6, 6.07) is 0.704. The van der Waals surface area contributed by atoms with Gasteiger partial charge in [-0.15, -0.1) is 0 Å². The molecule has 1 rings (SSSR count). The Morgan fingerprint density at radius 3 is 2.44 bits per heavy atom. The van der Waals surface area contributed by atoms with Gasteiger partial charge in [0.1, 0.15) is 0 Å². The molecule has 1 atom stereocenters. The lowest BCUT2D eigenvalue weighted by Gasteiger charge is -2.33. The Hall–Kier alpha value is -0.120. The van der Waals surface area contributed by atoms with E-state index in [0.717, 1.165) is 32.2 Å². The molecule has 0 aromatic carbocycles. The Morgan fingerprint density at radius 1 is 1.31 bits per heavy atom. The molecular formula is C13H28N2O. The van der Waals surface area contributed by atoms with Crippen LogP contribution in [0.4, 0.5) is 0 Å². The summed E-state index contributed by atoms with van der Waals surface area (Å²) in [4.78, 5) is 2.49. The van der Waals surface area contributed by atoms with E-state index in [1.807, 2.05) is 0 Å². The van der Waals surface area contributed by atoms with E-state index >= 15 is 0 Å². The predicted octanol–water partition coefficient (Wildman–Crippen LogP) is 1.72. The van der Waals surface area contributed by atoms with Gasteiger partial charge in [-0.25, -0.2) is 0 Å². The zero-order valence-electron chi connectivity index (χ0n) is 11.1. The predicted molar refractivity (Wildman–Crippen MR) is 68.5 cm³/mol. The molecule has 1 saturated heterocycles. The maximum absolute atomic E-state index is 5.85. The third-order valence-corrected chi connectivity index (χ3v) is 3.50. The Morgan fingerprint density at radius 2 is 1.94 bits per heavy atom. The first-order valence-electron chi connectivity index (χ1n) is 6.61. The maximum Gasteiger partial charge on any atom is 0.0480 e. The quantitative estimate of drug-likeness (QED) is 0.752. The Bertz CT molecular complexity index is 179. The van der Waals surface area contributed by atoms with E-state index in [0.29, 0.717) is 12.0 Å². The monoisotopic (exact) mass is 228 g/mol. The molecule has 0 aliphatic carbocycles. The molecule has 1 aliphatic heterocycles. The number of hydrogen-bond acceptors (Lipinski definition) is 3. The summed E-state index contributed by atoms with van der Waals surface area (Å²) in [5.41, 5.74) is 5.85. The minimum absolute atomic E-state index is 0.646. The largest absolute Gasteiger partial charge is 0.381 e. The van der Waals surface area contributed by atoms with E-state index in [1.54, 1.807) is 0 Å². The number of ether oxygens (including phenoxy) is 1. The Balaban J connectivity index is 2.31. The lowest BCUT2D eigenvalue weighted by Crippen LogP contribution is -2.41. The highest BCUT2D eigenvalue weighted by atomic mass is 16.5. The Kier molecular flexibility index (Phi) is 6.32. The molecule has 96 valence electrons. The molecular weight excluding hydrogens is 200 g/mol. The second-order valence-electron chi connectivity index (χ2n) is 5.51. The third-order valence-electron chi connectivity index (χ3n) is 3.50. The molecule has 1 unspecified atom stereocenters. The van der Waals surface area contributed by atoms with Gasteiger partial charge >= 0.3 is 0 Å². The fraction of sp³-hybridized carbons (Fsp3) is 1.00. The summed E-state index contributed by atoms with van der Waals surface area (Å²) >= 11 is 0. The minimum Gasteiger partial charge on any atom is -0.381 e. The van der Waals surface area contributed by atoms with Crippen LogP contribution in [0.15, 0.2) is 0 Å². The first-order valence-corrected chi connectivity index (χ1v) is 6.61. The van der Waals surface area contributed by atoms with Crippen molar-refractivity contribution in [3.05, 3.63) is 0 Å². The maximum atomic E-state index is 5.85. The van der Waals surface area contributed by atoms with E-state index < -0.39 is 0 Å². The number of nitrogens with zero attached hydrogens (tertiary/aromatic N) is 1. The van der Waals surface area contributed by atoms with Gasteiger partial charge in [-0.05, 0) is 44.7 Å². The van der Waals surface area contributed by atoms with E-state index in [-0.39, 0.29) is 0 Å². The fourth-order valence-electron chi connectivity index (χ4n) is 2.59. The second kappa shape index (κ2) is 7.25. The van der Waals surface area contributed by atoms with Crippen molar-refractivity contribution in [1.82, 2.24) is 4.90 Å². The van der Waals surface area contributed by atoms with Crippen molar-refractivity contribution < 1.29 is 4.74 Å². The van der Waals surface area contributed by atoms with Crippen LogP contribution in [0.25, 0.3) is 0 Å². The van der Waals surface area contributed by atoms with Crippen LogP contribution in [0.3, 0.4) is 0 Å². The summed E-state index contributed by atoms with van der Waals surface area (Å²) in [6.45, 7) is 8.35. The van der Waals surface area contributed by atoms with Crippen LogP contribution in [0.1, 0.15) is 33.1 Å². The molecule has 0 saturated carbocycles. The van der Waals surface area contributed by atoms with Crippen LogP contribution in [0.5, 0.6) is 0 Å². The molecule has 0 aromatic heterocycles. The molecule has 0 aromatic rings. The molecule has 1 aliphatic rings. The van der Waals surface area contributed by atoms with Crippen LogP contribution in [0, 0.1) is 11.8 Å². The third kappa shape index (κ3) is 4.81. The topological polar surface area (TPSA) is 38.5 Å². The molecule has 2 N–H and O–H groups in total. The molecule has 0 radical (unpaired) electrons. The smallest absolute Gasteiger partial charge is 0.0480 e. The molecule has 1 fully saturated rings. The zero-order chi connectivity index (χ0) is 12.0. The molecule has 16 heavy (non-hydrogen) atoms. The van der Waals surface area contributed by atoms with Gasteiger partial charge in [-0.3, -0.25) is 0 Å². The highest BCUT2D eigenvalue weighted by Gasteiger charge is 2.21. The van der Waals surface area contributed by atoms with E-state index in [2.05, 4.69) is 25.8 Å². The summed E-state index contributed by atoms with van der Waals surface area (Å²) in [7, 11) is 2.24. The Labute approximate surface area is 100 Å². The van der Waals surface area contributed by atoms with Crippen molar-refractivity contribution in [2.45, 2.75) is 39.2 Å². The van der Waals surface area contributed by atoms with Gasteiger partial charge < -0.3 is 15.4 Å². The van der Waals surface area contributed by atoms with Gasteiger partial charge in [0.15, 0.2) is 0 Å². The standard InChI is InChI=1S/C13H28N2O/c1-11(2)8-12(9-14)10-15(3)13-4-6-16-7-5-13/h11-13H,4-10,14H2,1-3H3. The summed E-state index contributed by atoms with van der Waals surface area (Å²) in [5, 5.41) is 0. The van der Waals surface area contributed by atoms with E-state index in [9.17, 15) is 0 Å². The summed E-state index contributed by atoms with van der Waals surface area (Å²) < 4.78 is 5.39. The van der Waals surface area contributed by atoms with Gasteiger partial charge in [-0.2, -0.15) is 0 Å². The van der Waals surface area contributed by atoms with Crippen LogP contribution in [-0.4, -0.2) is 44.3 Å². The van der Waals surface area contributed by atoms with Crippen LogP contribution in [0.2, 0.25) is 0 Å². The summed E-state index contributed by atoms with van der Waals surface area (Å²) in [6.07, 6.45) is 3.59. The highest BCUT2D eigenvalue weighted by Crippen LogP contribution is 2.17. The molecule has 1 heterocycles. The number of hydrogen-bond donors (Lipinski definition) is 1. The first kappa shape index (κ1) is 13.9. The SMILES string of the molecule is CC(C)CC(CN)CN(C)C1CCOCC1. The molecule has 0 bridgehead atoms.